The standard InChI is InChI=1S/C38H61NO5/c1-33(2,32(42)43)24-31(41)44-29-15-17-35(5)27(34(29,3)4)14-18-37(7)28(35)13-12-25-26-11-10-16-38(26,20-19-36(25,37)6)23-30(40)39-21-8-9-22-39/h25-29H,8-24H2,1-7H3,(H,42,43)/t25-,26-,27?,28?,29+,35+,36-,37-,38-/m1/s1. The smallest absolute Gasteiger partial charge is 0.309 e. The minimum atomic E-state index is -1.12. The Balaban J connectivity index is 1.21. The summed E-state index contributed by atoms with van der Waals surface area (Å²) >= 11 is 0. The van der Waals surface area contributed by atoms with Gasteiger partial charge in [0.1, 0.15) is 6.10 Å². The number of carboxylic acid groups (broad SMARTS) is 1. The third-order valence-electron chi connectivity index (χ3n) is 15.9. The van der Waals surface area contributed by atoms with Crippen molar-refractivity contribution in [3.8, 4) is 0 Å². The Morgan fingerprint density at radius 3 is 2.16 bits per heavy atom. The summed E-state index contributed by atoms with van der Waals surface area (Å²) in [5.74, 6) is 1.63. The molecule has 6 fully saturated rings. The third-order valence-corrected chi connectivity index (χ3v) is 15.9. The first kappa shape index (κ1) is 32.4. The quantitative estimate of drug-likeness (QED) is 0.306. The Kier molecular flexibility index (Phi) is 7.89. The van der Waals surface area contributed by atoms with Crippen LogP contribution in [0.3, 0.4) is 0 Å². The van der Waals surface area contributed by atoms with Gasteiger partial charge in [-0.3, -0.25) is 14.4 Å². The lowest BCUT2D eigenvalue weighted by molar-refractivity contribution is -0.248. The van der Waals surface area contributed by atoms with Gasteiger partial charge in [0.25, 0.3) is 0 Å². The maximum Gasteiger partial charge on any atom is 0.309 e. The minimum absolute atomic E-state index is 0.0937. The van der Waals surface area contributed by atoms with E-state index in [1.165, 1.54) is 64.2 Å². The maximum absolute atomic E-state index is 13.5. The largest absolute Gasteiger partial charge is 0.481 e. The second-order valence-electron chi connectivity index (χ2n) is 18.5. The summed E-state index contributed by atoms with van der Waals surface area (Å²) in [6.45, 7) is 17.7. The van der Waals surface area contributed by atoms with Crippen molar-refractivity contribution in [2.45, 2.75) is 151 Å². The van der Waals surface area contributed by atoms with Gasteiger partial charge in [-0.1, -0.05) is 41.0 Å². The predicted octanol–water partition coefficient (Wildman–Crippen LogP) is 8.27. The summed E-state index contributed by atoms with van der Waals surface area (Å²) in [4.78, 5) is 40.3. The molecule has 0 aromatic rings. The molecule has 0 aromatic heterocycles. The SMILES string of the molecule is CC(C)(CC(=O)O[C@H]1CC[C@@]2(C)C(CC[C@]3(C)C2CC[C@@H]2[C@H]4CCC[C@]4(CC(=O)N4CCCC4)CC[C@]23C)C1(C)C)C(=O)O. The molecule has 44 heavy (non-hydrogen) atoms. The lowest BCUT2D eigenvalue weighted by Gasteiger charge is -2.72. The molecule has 1 N–H and O–H groups in total. The number of ether oxygens (including phenoxy) is 1. The normalized spacial score (nSPS) is 44.6. The highest BCUT2D eigenvalue weighted by atomic mass is 16.5. The van der Waals surface area contributed by atoms with Crippen LogP contribution in [0.1, 0.15) is 145 Å². The van der Waals surface area contributed by atoms with Crippen molar-refractivity contribution in [2.24, 2.45) is 56.2 Å². The number of likely N-dealkylation sites (tertiary alicyclic amines) is 1. The van der Waals surface area contributed by atoms with Gasteiger partial charge in [0.05, 0.1) is 11.8 Å². The number of esters is 1. The van der Waals surface area contributed by atoms with Gasteiger partial charge in [0.15, 0.2) is 0 Å². The summed E-state index contributed by atoms with van der Waals surface area (Å²) in [5.41, 5.74) is -0.270. The first-order valence-electron chi connectivity index (χ1n) is 18.2. The zero-order chi connectivity index (χ0) is 31.9. The molecular weight excluding hydrogens is 550 g/mol. The summed E-state index contributed by atoms with van der Waals surface area (Å²) in [5, 5.41) is 9.55. The van der Waals surface area contributed by atoms with Crippen molar-refractivity contribution >= 4 is 17.8 Å². The van der Waals surface area contributed by atoms with Gasteiger partial charge in [-0.25, -0.2) is 0 Å². The number of amides is 1. The first-order chi connectivity index (χ1) is 20.5. The number of hydrogen-bond donors (Lipinski definition) is 1. The van der Waals surface area contributed by atoms with Gasteiger partial charge >= 0.3 is 11.9 Å². The molecule has 248 valence electrons. The van der Waals surface area contributed by atoms with E-state index in [2.05, 4.69) is 39.5 Å². The summed E-state index contributed by atoms with van der Waals surface area (Å²) in [6.07, 6.45) is 16.1. The average molecular weight is 612 g/mol. The van der Waals surface area contributed by atoms with E-state index in [9.17, 15) is 19.5 Å². The Labute approximate surface area is 266 Å². The number of fused-ring (bicyclic) bond motifs is 7. The molecule has 1 aliphatic heterocycles. The van der Waals surface area contributed by atoms with Crippen LogP contribution in [0, 0.1) is 56.2 Å². The molecule has 5 aliphatic carbocycles. The molecule has 1 saturated heterocycles. The van der Waals surface area contributed by atoms with Crippen molar-refractivity contribution in [2.75, 3.05) is 13.1 Å². The van der Waals surface area contributed by atoms with Crippen LogP contribution in [0.2, 0.25) is 0 Å². The highest BCUT2D eigenvalue weighted by Crippen LogP contribution is 2.77. The molecule has 6 rings (SSSR count). The third kappa shape index (κ3) is 4.71. The second-order valence-corrected chi connectivity index (χ2v) is 18.5. The number of nitrogens with zero attached hydrogens (tertiary/aromatic N) is 1. The molecule has 9 atom stereocenters. The lowest BCUT2D eigenvalue weighted by Crippen LogP contribution is -2.66. The highest BCUT2D eigenvalue weighted by Gasteiger charge is 2.70. The van der Waals surface area contributed by atoms with Crippen molar-refractivity contribution in [3.63, 3.8) is 0 Å². The molecule has 1 amide bonds. The van der Waals surface area contributed by atoms with E-state index in [1.54, 1.807) is 13.8 Å². The van der Waals surface area contributed by atoms with Crippen LogP contribution in [-0.4, -0.2) is 47.0 Å². The number of carbonyl (C=O) groups excluding carboxylic acids is 2. The first-order valence-corrected chi connectivity index (χ1v) is 18.2. The van der Waals surface area contributed by atoms with Crippen molar-refractivity contribution in [1.82, 2.24) is 4.90 Å². The topological polar surface area (TPSA) is 83.9 Å². The van der Waals surface area contributed by atoms with Gasteiger partial charge in [0, 0.05) is 24.9 Å². The molecule has 5 saturated carbocycles. The molecule has 2 unspecified atom stereocenters. The van der Waals surface area contributed by atoms with E-state index in [0.29, 0.717) is 29.1 Å². The Morgan fingerprint density at radius 1 is 0.773 bits per heavy atom. The lowest BCUT2D eigenvalue weighted by atomic mass is 9.32. The van der Waals surface area contributed by atoms with Gasteiger partial charge in [-0.2, -0.15) is 0 Å². The summed E-state index contributed by atoms with van der Waals surface area (Å²) in [6, 6.07) is 0. The molecule has 0 radical (unpaired) electrons. The fraction of sp³-hybridized carbons (Fsp3) is 0.921. The van der Waals surface area contributed by atoms with Gasteiger partial charge < -0.3 is 14.7 Å². The summed E-state index contributed by atoms with van der Waals surface area (Å²) in [7, 11) is 0. The van der Waals surface area contributed by atoms with Crippen LogP contribution >= 0.6 is 0 Å². The Bertz CT molecular complexity index is 1170. The zero-order valence-corrected chi connectivity index (χ0v) is 28.9. The van der Waals surface area contributed by atoms with Crippen LogP contribution in [0.15, 0.2) is 0 Å². The second kappa shape index (κ2) is 10.7. The van der Waals surface area contributed by atoms with Crippen molar-refractivity contribution in [3.05, 3.63) is 0 Å². The fourth-order valence-electron chi connectivity index (χ4n) is 13.2. The van der Waals surface area contributed by atoms with Gasteiger partial charge in [0.2, 0.25) is 5.91 Å². The Morgan fingerprint density at radius 2 is 1.48 bits per heavy atom. The molecular formula is C38H61NO5. The number of carbonyl (C=O) groups is 3. The number of rotatable bonds is 6. The highest BCUT2D eigenvalue weighted by molar-refractivity contribution is 5.81. The average Bonchev–Trinajstić information content (AvgIpc) is 3.61. The van der Waals surface area contributed by atoms with E-state index < -0.39 is 11.4 Å². The van der Waals surface area contributed by atoms with Gasteiger partial charge in [-0.15, -0.1) is 0 Å². The molecule has 6 heteroatoms. The molecule has 1 heterocycles. The number of hydrogen-bond acceptors (Lipinski definition) is 4. The predicted molar refractivity (Wildman–Crippen MR) is 172 cm³/mol. The van der Waals surface area contributed by atoms with Crippen LogP contribution in [0.5, 0.6) is 0 Å². The zero-order valence-electron chi connectivity index (χ0n) is 28.9. The van der Waals surface area contributed by atoms with E-state index in [1.807, 2.05) is 0 Å². The van der Waals surface area contributed by atoms with E-state index in [4.69, 9.17) is 4.74 Å². The maximum atomic E-state index is 13.5. The van der Waals surface area contributed by atoms with Crippen LogP contribution in [0.25, 0.3) is 0 Å². The number of carboxylic acids is 1. The molecule has 0 spiro atoms. The van der Waals surface area contributed by atoms with E-state index >= 15 is 0 Å². The number of aliphatic carboxylic acids is 1. The van der Waals surface area contributed by atoms with Gasteiger partial charge in [-0.05, 0) is 136 Å². The molecule has 6 nitrogen and oxygen atoms in total. The van der Waals surface area contributed by atoms with Crippen molar-refractivity contribution in [1.29, 1.82) is 0 Å². The van der Waals surface area contributed by atoms with Crippen LogP contribution < -0.4 is 0 Å². The fourth-order valence-corrected chi connectivity index (χ4v) is 13.2. The van der Waals surface area contributed by atoms with E-state index in [-0.39, 0.29) is 40.2 Å². The van der Waals surface area contributed by atoms with Crippen LogP contribution in [0.4, 0.5) is 0 Å². The summed E-state index contributed by atoms with van der Waals surface area (Å²) < 4.78 is 6.15. The minimum Gasteiger partial charge on any atom is -0.481 e. The monoisotopic (exact) mass is 611 g/mol. The van der Waals surface area contributed by atoms with E-state index in [0.717, 1.165) is 44.7 Å². The molecule has 0 aromatic carbocycles. The molecule has 6 aliphatic rings. The van der Waals surface area contributed by atoms with Crippen molar-refractivity contribution < 1.29 is 24.2 Å². The van der Waals surface area contributed by atoms with Crippen LogP contribution in [-0.2, 0) is 19.1 Å². The Hall–Kier alpha value is -1.59. The molecule has 0 bridgehead atoms.